The minimum Gasteiger partial charge on any atom is -0.349 e. The van der Waals surface area contributed by atoms with Crippen LogP contribution in [0.3, 0.4) is 0 Å². The lowest BCUT2D eigenvalue weighted by Crippen LogP contribution is -2.43. The Morgan fingerprint density at radius 1 is 1.36 bits per heavy atom. The molecule has 7 heteroatoms. The van der Waals surface area contributed by atoms with Crippen molar-refractivity contribution in [1.82, 2.24) is 15.1 Å². The van der Waals surface area contributed by atoms with Crippen molar-refractivity contribution in [3.8, 4) is 6.07 Å². The molecule has 120 valence electrons. The largest absolute Gasteiger partial charge is 0.349 e. The highest BCUT2D eigenvalue weighted by Crippen LogP contribution is 2.26. The molecule has 2 amide bonds. The Labute approximate surface area is 135 Å². The zero-order valence-corrected chi connectivity index (χ0v) is 13.8. The van der Waals surface area contributed by atoms with Crippen LogP contribution in [0.25, 0.3) is 0 Å². The summed E-state index contributed by atoms with van der Waals surface area (Å²) in [6.45, 7) is 0.236. The van der Waals surface area contributed by atoms with Crippen LogP contribution in [0.1, 0.15) is 25.7 Å². The Morgan fingerprint density at radius 3 is 2.64 bits per heavy atom. The highest BCUT2D eigenvalue weighted by atomic mass is 32.2. The molecule has 22 heavy (non-hydrogen) atoms. The summed E-state index contributed by atoms with van der Waals surface area (Å²) in [6, 6.07) is 2.37. The molecule has 0 aromatic rings. The van der Waals surface area contributed by atoms with Gasteiger partial charge in [0.25, 0.3) is 0 Å². The molecule has 1 saturated carbocycles. The Bertz CT molecular complexity index is 492. The molecule has 1 aliphatic heterocycles. The van der Waals surface area contributed by atoms with Crippen LogP contribution in [0.4, 0.5) is 0 Å². The van der Waals surface area contributed by atoms with Gasteiger partial charge in [0, 0.05) is 32.3 Å². The number of hydrogen-bond donors (Lipinski definition) is 1. The molecule has 1 N–H and O–H groups in total. The lowest BCUT2D eigenvalue weighted by Gasteiger charge is -2.30. The molecule has 2 aliphatic rings. The van der Waals surface area contributed by atoms with Crippen molar-refractivity contribution < 1.29 is 9.59 Å². The average molecular weight is 322 g/mol. The van der Waals surface area contributed by atoms with Crippen molar-refractivity contribution in [2.75, 3.05) is 20.6 Å². The van der Waals surface area contributed by atoms with Crippen LogP contribution >= 0.6 is 11.8 Å². The number of rotatable bonds is 4. The molecule has 0 radical (unpaired) electrons. The predicted octanol–water partition coefficient (Wildman–Crippen LogP) is 1.12. The molecule has 0 saturated heterocycles. The smallest absolute Gasteiger partial charge is 0.242 e. The van der Waals surface area contributed by atoms with Crippen LogP contribution in [-0.2, 0) is 9.59 Å². The second kappa shape index (κ2) is 7.65. The number of nitriles is 1. The maximum atomic E-state index is 12.1. The van der Waals surface area contributed by atoms with Gasteiger partial charge in [0.1, 0.15) is 0 Å². The van der Waals surface area contributed by atoms with E-state index in [1.807, 2.05) is 0 Å². The summed E-state index contributed by atoms with van der Waals surface area (Å²) in [7, 11) is 3.58. The van der Waals surface area contributed by atoms with E-state index in [1.54, 1.807) is 30.6 Å². The fraction of sp³-hybridized carbons (Fsp3) is 0.667. The standard InChI is InChI=1S/C15H22N4O2S/c1-18(2)15(21)11-3-5-12(6-4-11)17-10-13(20)19-7-8-22-14(19)9-16/h7-8,11-12,14,17H,3-6,10H2,1-2H3/t11?,12?,14-/m0/s1. The topological polar surface area (TPSA) is 76.4 Å². The lowest BCUT2D eigenvalue weighted by molar-refractivity contribution is -0.134. The van der Waals surface area contributed by atoms with Crippen molar-refractivity contribution >= 4 is 23.6 Å². The van der Waals surface area contributed by atoms with Crippen molar-refractivity contribution in [1.29, 1.82) is 5.26 Å². The molecule has 0 spiro atoms. The van der Waals surface area contributed by atoms with Crippen molar-refractivity contribution in [3.63, 3.8) is 0 Å². The first-order valence-electron chi connectivity index (χ1n) is 7.50. The number of amides is 2. The van der Waals surface area contributed by atoms with E-state index in [4.69, 9.17) is 5.26 Å². The SMILES string of the molecule is CN(C)C(=O)C1CCC(NCC(=O)N2C=CS[C@H]2C#N)CC1. The van der Waals surface area contributed by atoms with Gasteiger partial charge in [-0.1, -0.05) is 11.8 Å². The van der Waals surface area contributed by atoms with Crippen molar-refractivity contribution in [2.24, 2.45) is 5.92 Å². The van der Waals surface area contributed by atoms with E-state index in [0.717, 1.165) is 25.7 Å². The molecule has 1 heterocycles. The lowest BCUT2D eigenvalue weighted by atomic mass is 9.85. The Morgan fingerprint density at radius 2 is 2.05 bits per heavy atom. The summed E-state index contributed by atoms with van der Waals surface area (Å²) in [6.07, 6.45) is 5.20. The maximum absolute atomic E-state index is 12.1. The van der Waals surface area contributed by atoms with Gasteiger partial charge in [-0.2, -0.15) is 5.26 Å². The van der Waals surface area contributed by atoms with Gasteiger partial charge >= 0.3 is 0 Å². The third kappa shape index (κ3) is 4.02. The van der Waals surface area contributed by atoms with Crippen LogP contribution < -0.4 is 5.32 Å². The highest BCUT2D eigenvalue weighted by molar-refractivity contribution is 8.03. The summed E-state index contributed by atoms with van der Waals surface area (Å²) in [4.78, 5) is 27.1. The van der Waals surface area contributed by atoms with E-state index >= 15 is 0 Å². The summed E-state index contributed by atoms with van der Waals surface area (Å²) in [5, 5.41) is 13.6. The molecule has 0 unspecified atom stereocenters. The first-order valence-corrected chi connectivity index (χ1v) is 8.44. The van der Waals surface area contributed by atoms with Crippen molar-refractivity contribution in [3.05, 3.63) is 11.6 Å². The normalized spacial score (nSPS) is 27.5. The van der Waals surface area contributed by atoms with Crippen LogP contribution in [0, 0.1) is 17.2 Å². The van der Waals surface area contributed by atoms with Gasteiger partial charge in [-0.3, -0.25) is 14.5 Å². The van der Waals surface area contributed by atoms with Gasteiger partial charge in [0.15, 0.2) is 5.37 Å². The number of nitrogens with one attached hydrogen (secondary N) is 1. The minimum absolute atomic E-state index is 0.0840. The Balaban J connectivity index is 1.73. The average Bonchev–Trinajstić information content (AvgIpc) is 3.01. The van der Waals surface area contributed by atoms with Gasteiger partial charge in [0.05, 0.1) is 12.6 Å². The first-order chi connectivity index (χ1) is 10.5. The number of hydrogen-bond acceptors (Lipinski definition) is 5. The quantitative estimate of drug-likeness (QED) is 0.839. The first kappa shape index (κ1) is 16.8. The van der Waals surface area contributed by atoms with Gasteiger partial charge in [-0.25, -0.2) is 0 Å². The van der Waals surface area contributed by atoms with E-state index < -0.39 is 5.37 Å². The summed E-state index contributed by atoms with van der Waals surface area (Å²) < 4.78 is 0. The third-order valence-corrected chi connectivity index (χ3v) is 5.01. The Hall–Kier alpha value is -1.52. The van der Waals surface area contributed by atoms with Crippen LogP contribution in [0.15, 0.2) is 11.6 Å². The third-order valence-electron chi connectivity index (χ3n) is 4.14. The fourth-order valence-electron chi connectivity index (χ4n) is 2.86. The maximum Gasteiger partial charge on any atom is 0.242 e. The molecular formula is C15H22N4O2S. The number of thioether (sulfide) groups is 1. The highest BCUT2D eigenvalue weighted by Gasteiger charge is 2.29. The van der Waals surface area contributed by atoms with Gasteiger partial charge < -0.3 is 10.2 Å². The molecular weight excluding hydrogens is 300 g/mol. The van der Waals surface area contributed by atoms with Gasteiger partial charge in [0.2, 0.25) is 11.8 Å². The summed E-state index contributed by atoms with van der Waals surface area (Å²) >= 11 is 1.34. The van der Waals surface area contributed by atoms with Gasteiger partial charge in [-0.15, -0.1) is 0 Å². The van der Waals surface area contributed by atoms with E-state index in [0.29, 0.717) is 0 Å². The van der Waals surface area contributed by atoms with E-state index in [9.17, 15) is 9.59 Å². The number of carbonyl (C=O) groups is 2. The predicted molar refractivity (Wildman–Crippen MR) is 85.4 cm³/mol. The zero-order valence-electron chi connectivity index (χ0n) is 13.0. The molecule has 2 rings (SSSR count). The molecule has 1 fully saturated rings. The summed E-state index contributed by atoms with van der Waals surface area (Å²) in [5.41, 5.74) is 0. The van der Waals surface area contributed by atoms with E-state index in [2.05, 4.69) is 11.4 Å². The van der Waals surface area contributed by atoms with E-state index in [-0.39, 0.29) is 30.3 Å². The fourth-order valence-corrected chi connectivity index (χ4v) is 3.59. The van der Waals surface area contributed by atoms with E-state index in [1.165, 1.54) is 16.7 Å². The molecule has 0 bridgehead atoms. The van der Waals surface area contributed by atoms with Crippen molar-refractivity contribution in [2.45, 2.75) is 37.1 Å². The zero-order chi connectivity index (χ0) is 16.1. The van der Waals surface area contributed by atoms with Crippen LogP contribution in [-0.4, -0.2) is 53.7 Å². The van der Waals surface area contributed by atoms with Gasteiger partial charge in [-0.05, 0) is 31.1 Å². The molecule has 1 atom stereocenters. The van der Waals surface area contributed by atoms with Crippen LogP contribution in [0.2, 0.25) is 0 Å². The Kier molecular flexibility index (Phi) is 5.86. The minimum atomic E-state index is -0.442. The second-order valence-electron chi connectivity index (χ2n) is 5.87. The monoisotopic (exact) mass is 322 g/mol. The number of carbonyl (C=O) groups excluding carboxylic acids is 2. The van der Waals surface area contributed by atoms with Crippen LogP contribution in [0.5, 0.6) is 0 Å². The number of nitrogens with zero attached hydrogens (tertiary/aromatic N) is 3. The second-order valence-corrected chi connectivity index (χ2v) is 6.86. The molecule has 0 aromatic heterocycles. The molecule has 6 nitrogen and oxygen atoms in total. The summed E-state index contributed by atoms with van der Waals surface area (Å²) in [5.74, 6) is 0.231. The molecule has 1 aliphatic carbocycles. The molecule has 0 aromatic carbocycles.